The first-order chi connectivity index (χ1) is 7.44. The van der Waals surface area contributed by atoms with Crippen LogP contribution in [0.2, 0.25) is 0 Å². The van der Waals surface area contributed by atoms with E-state index in [0.717, 1.165) is 5.92 Å². The summed E-state index contributed by atoms with van der Waals surface area (Å²) in [5, 5.41) is 3.45. The monoisotopic (exact) mass is 226 g/mol. The highest BCUT2D eigenvalue weighted by molar-refractivity contribution is 4.80. The number of likely N-dealkylation sites (N-methyl/N-ethyl adjacent to an activating group) is 1. The topological polar surface area (TPSA) is 15.3 Å². The molecule has 0 aliphatic carbocycles. The van der Waals surface area contributed by atoms with Crippen LogP contribution in [0.15, 0.2) is 0 Å². The number of nitrogens with zero attached hydrogens (tertiary/aromatic N) is 1. The summed E-state index contributed by atoms with van der Waals surface area (Å²) in [5.41, 5.74) is 0.557. The molecule has 0 amide bonds. The number of nitrogens with one attached hydrogen (secondary N) is 1. The van der Waals surface area contributed by atoms with E-state index >= 15 is 0 Å². The van der Waals surface area contributed by atoms with Crippen molar-refractivity contribution in [2.24, 2.45) is 11.3 Å². The van der Waals surface area contributed by atoms with Crippen molar-refractivity contribution in [3.63, 3.8) is 0 Å². The van der Waals surface area contributed by atoms with Gasteiger partial charge in [0, 0.05) is 12.6 Å². The summed E-state index contributed by atoms with van der Waals surface area (Å²) in [6.45, 7) is 13.2. The standard InChI is InChI=1S/C14H30N2/c1-12(2)13(15-5)11-16-9-6-7-14(3,4)8-10-16/h12-13,15H,6-11H2,1-5H3. The summed E-state index contributed by atoms with van der Waals surface area (Å²) < 4.78 is 0. The van der Waals surface area contributed by atoms with Crippen LogP contribution in [0, 0.1) is 11.3 Å². The lowest BCUT2D eigenvalue weighted by Crippen LogP contribution is -2.43. The third-order valence-corrected chi connectivity index (χ3v) is 4.06. The molecule has 0 aromatic rings. The zero-order chi connectivity index (χ0) is 12.2. The van der Waals surface area contributed by atoms with Gasteiger partial charge in [0.25, 0.3) is 0 Å². The average Bonchev–Trinajstić information content (AvgIpc) is 2.36. The van der Waals surface area contributed by atoms with E-state index in [9.17, 15) is 0 Å². The molecule has 2 nitrogen and oxygen atoms in total. The molecule has 1 rings (SSSR count). The lowest BCUT2D eigenvalue weighted by molar-refractivity contribution is 0.220. The zero-order valence-corrected chi connectivity index (χ0v) is 11.8. The maximum atomic E-state index is 3.45. The van der Waals surface area contributed by atoms with Crippen LogP contribution in [0.5, 0.6) is 0 Å². The Balaban J connectivity index is 2.43. The lowest BCUT2D eigenvalue weighted by Gasteiger charge is -2.29. The van der Waals surface area contributed by atoms with Crippen molar-refractivity contribution in [3.05, 3.63) is 0 Å². The Bertz CT molecular complexity index is 199. The van der Waals surface area contributed by atoms with E-state index in [0.29, 0.717) is 11.5 Å². The Hall–Kier alpha value is -0.0800. The normalized spacial score (nSPS) is 24.4. The van der Waals surface area contributed by atoms with Gasteiger partial charge in [-0.2, -0.15) is 0 Å². The van der Waals surface area contributed by atoms with Crippen LogP contribution >= 0.6 is 0 Å². The summed E-state index contributed by atoms with van der Waals surface area (Å²) in [4.78, 5) is 2.65. The molecule has 1 aliphatic heterocycles. The largest absolute Gasteiger partial charge is 0.315 e. The molecule has 1 unspecified atom stereocenters. The summed E-state index contributed by atoms with van der Waals surface area (Å²) in [6.07, 6.45) is 4.10. The van der Waals surface area contributed by atoms with Crippen LogP contribution in [0.1, 0.15) is 47.0 Å². The first-order valence-corrected chi connectivity index (χ1v) is 6.84. The molecule has 2 heteroatoms. The summed E-state index contributed by atoms with van der Waals surface area (Å²) >= 11 is 0. The van der Waals surface area contributed by atoms with Gasteiger partial charge in [0.15, 0.2) is 0 Å². The van der Waals surface area contributed by atoms with Gasteiger partial charge in [0.05, 0.1) is 0 Å². The maximum Gasteiger partial charge on any atom is 0.0214 e. The minimum absolute atomic E-state index is 0.557. The van der Waals surface area contributed by atoms with Gasteiger partial charge in [-0.05, 0) is 50.7 Å². The van der Waals surface area contributed by atoms with Gasteiger partial charge in [0.1, 0.15) is 0 Å². The second kappa shape index (κ2) is 6.02. The van der Waals surface area contributed by atoms with Crippen molar-refractivity contribution in [2.75, 3.05) is 26.7 Å². The average molecular weight is 226 g/mol. The molecular weight excluding hydrogens is 196 g/mol. The van der Waals surface area contributed by atoms with Gasteiger partial charge < -0.3 is 10.2 Å². The molecule has 0 radical (unpaired) electrons. The number of hydrogen-bond acceptors (Lipinski definition) is 2. The Kier molecular flexibility index (Phi) is 5.26. The van der Waals surface area contributed by atoms with Gasteiger partial charge in [-0.25, -0.2) is 0 Å². The Morgan fingerprint density at radius 1 is 1.19 bits per heavy atom. The van der Waals surface area contributed by atoms with E-state index in [1.54, 1.807) is 0 Å². The van der Waals surface area contributed by atoms with Crippen molar-refractivity contribution in [1.29, 1.82) is 0 Å². The Morgan fingerprint density at radius 2 is 1.88 bits per heavy atom. The molecule has 1 N–H and O–H groups in total. The number of hydrogen-bond donors (Lipinski definition) is 1. The minimum atomic E-state index is 0.557. The Morgan fingerprint density at radius 3 is 2.44 bits per heavy atom. The van der Waals surface area contributed by atoms with Crippen LogP contribution in [0.4, 0.5) is 0 Å². The smallest absolute Gasteiger partial charge is 0.0214 e. The molecule has 0 spiro atoms. The van der Waals surface area contributed by atoms with Gasteiger partial charge in [-0.15, -0.1) is 0 Å². The summed E-state index contributed by atoms with van der Waals surface area (Å²) in [5.74, 6) is 0.723. The lowest BCUT2D eigenvalue weighted by atomic mass is 9.85. The fourth-order valence-corrected chi connectivity index (χ4v) is 2.57. The quantitative estimate of drug-likeness (QED) is 0.793. The van der Waals surface area contributed by atoms with Crippen LogP contribution in [0.25, 0.3) is 0 Å². The molecule has 0 saturated carbocycles. The molecule has 16 heavy (non-hydrogen) atoms. The van der Waals surface area contributed by atoms with E-state index < -0.39 is 0 Å². The summed E-state index contributed by atoms with van der Waals surface area (Å²) in [6, 6.07) is 0.640. The first-order valence-electron chi connectivity index (χ1n) is 6.84. The van der Waals surface area contributed by atoms with E-state index in [4.69, 9.17) is 0 Å². The van der Waals surface area contributed by atoms with Crippen molar-refractivity contribution >= 4 is 0 Å². The van der Waals surface area contributed by atoms with Crippen LogP contribution in [-0.2, 0) is 0 Å². The van der Waals surface area contributed by atoms with Gasteiger partial charge in [0.2, 0.25) is 0 Å². The molecule has 0 bridgehead atoms. The van der Waals surface area contributed by atoms with Crippen LogP contribution in [0.3, 0.4) is 0 Å². The van der Waals surface area contributed by atoms with Gasteiger partial charge in [-0.3, -0.25) is 0 Å². The third-order valence-electron chi connectivity index (χ3n) is 4.06. The van der Waals surface area contributed by atoms with Crippen molar-refractivity contribution in [3.8, 4) is 0 Å². The SMILES string of the molecule is CNC(CN1CCCC(C)(C)CC1)C(C)C. The highest BCUT2D eigenvalue weighted by atomic mass is 15.1. The maximum absolute atomic E-state index is 3.45. The minimum Gasteiger partial charge on any atom is -0.315 e. The number of rotatable bonds is 4. The molecule has 1 heterocycles. The van der Waals surface area contributed by atoms with E-state index in [1.807, 2.05) is 0 Å². The Labute approximate surface area is 102 Å². The highest BCUT2D eigenvalue weighted by Gasteiger charge is 2.24. The zero-order valence-electron chi connectivity index (χ0n) is 11.8. The van der Waals surface area contributed by atoms with Gasteiger partial charge in [-0.1, -0.05) is 27.7 Å². The molecular formula is C14H30N2. The van der Waals surface area contributed by atoms with E-state index in [1.165, 1.54) is 38.9 Å². The van der Waals surface area contributed by atoms with Crippen molar-refractivity contribution in [1.82, 2.24) is 10.2 Å². The van der Waals surface area contributed by atoms with E-state index in [2.05, 4.69) is 45.0 Å². The number of likely N-dealkylation sites (tertiary alicyclic amines) is 1. The van der Waals surface area contributed by atoms with Crippen LogP contribution < -0.4 is 5.32 Å². The van der Waals surface area contributed by atoms with Crippen molar-refractivity contribution in [2.45, 2.75) is 53.0 Å². The highest BCUT2D eigenvalue weighted by Crippen LogP contribution is 2.29. The van der Waals surface area contributed by atoms with Gasteiger partial charge >= 0.3 is 0 Å². The molecule has 0 aromatic heterocycles. The van der Waals surface area contributed by atoms with E-state index in [-0.39, 0.29) is 0 Å². The molecule has 1 atom stereocenters. The fraction of sp³-hybridized carbons (Fsp3) is 1.00. The molecule has 1 saturated heterocycles. The second-order valence-electron chi connectivity index (χ2n) is 6.46. The molecule has 96 valence electrons. The molecule has 1 fully saturated rings. The third kappa shape index (κ3) is 4.42. The summed E-state index contributed by atoms with van der Waals surface area (Å²) in [7, 11) is 2.09. The van der Waals surface area contributed by atoms with Crippen molar-refractivity contribution < 1.29 is 0 Å². The predicted octanol–water partition coefficient (Wildman–Crippen LogP) is 2.74. The first kappa shape index (κ1) is 14.0. The molecule has 0 aromatic carbocycles. The molecule has 1 aliphatic rings. The second-order valence-corrected chi connectivity index (χ2v) is 6.46. The fourth-order valence-electron chi connectivity index (χ4n) is 2.57. The predicted molar refractivity (Wildman–Crippen MR) is 71.8 cm³/mol. The van der Waals surface area contributed by atoms with Crippen LogP contribution in [-0.4, -0.2) is 37.6 Å².